The summed E-state index contributed by atoms with van der Waals surface area (Å²) in [6.45, 7) is 7.07. The number of nitrogens with one attached hydrogen (secondary N) is 2. The molecule has 0 spiro atoms. The molecule has 0 aromatic heterocycles. The molecule has 25 heavy (non-hydrogen) atoms. The van der Waals surface area contributed by atoms with E-state index in [2.05, 4.69) is 47.7 Å². The summed E-state index contributed by atoms with van der Waals surface area (Å²) in [5.41, 5.74) is 1.30. The van der Waals surface area contributed by atoms with Gasteiger partial charge in [0.1, 0.15) is 11.9 Å². The number of hydrogen-bond acceptors (Lipinski definition) is 3. The Morgan fingerprint density at radius 2 is 2.00 bits per heavy atom. The second kappa shape index (κ2) is 10.2. The molecule has 0 radical (unpaired) electrons. The van der Waals surface area contributed by atoms with E-state index in [1.165, 1.54) is 31.5 Å². The molecule has 1 saturated heterocycles. The number of ether oxygens (including phenoxy) is 1. The Kier molecular flexibility index (Phi) is 8.29. The standard InChI is InChI=1S/C19H30N4O.HI/c1-3-20-19(21-13-15-8-10-23(2)11-9-15)22-14-17-12-16-6-4-5-7-18(16)24-17;/h4-7,15,17H,3,8-14H2,1-2H3,(H2,20,21,22);1H. The van der Waals surface area contributed by atoms with Crippen LogP contribution in [0.25, 0.3) is 0 Å². The largest absolute Gasteiger partial charge is 0.488 e. The maximum atomic E-state index is 5.99. The highest BCUT2D eigenvalue weighted by Gasteiger charge is 2.22. The van der Waals surface area contributed by atoms with Crippen LogP contribution in [-0.2, 0) is 6.42 Å². The van der Waals surface area contributed by atoms with Crippen molar-refractivity contribution < 1.29 is 4.74 Å². The average molecular weight is 458 g/mol. The number of likely N-dealkylation sites (tertiary alicyclic amines) is 1. The fraction of sp³-hybridized carbons (Fsp3) is 0.632. The van der Waals surface area contributed by atoms with Gasteiger partial charge in [0.25, 0.3) is 0 Å². The molecule has 5 nitrogen and oxygen atoms in total. The van der Waals surface area contributed by atoms with Gasteiger partial charge >= 0.3 is 0 Å². The summed E-state index contributed by atoms with van der Waals surface area (Å²) < 4.78 is 5.99. The molecule has 140 valence electrons. The van der Waals surface area contributed by atoms with Gasteiger partial charge in [-0.1, -0.05) is 18.2 Å². The van der Waals surface area contributed by atoms with Gasteiger partial charge in [-0.05, 0) is 57.5 Å². The van der Waals surface area contributed by atoms with Crippen molar-refractivity contribution in [2.24, 2.45) is 10.9 Å². The molecule has 1 fully saturated rings. The predicted octanol–water partition coefficient (Wildman–Crippen LogP) is 2.51. The molecule has 3 rings (SSSR count). The SMILES string of the molecule is CCNC(=NCC1CCN(C)CC1)NCC1Cc2ccccc2O1.I. The van der Waals surface area contributed by atoms with E-state index in [0.29, 0.717) is 5.92 Å². The lowest BCUT2D eigenvalue weighted by Crippen LogP contribution is -2.42. The van der Waals surface area contributed by atoms with Crippen molar-refractivity contribution >= 4 is 29.9 Å². The van der Waals surface area contributed by atoms with Crippen molar-refractivity contribution in [1.29, 1.82) is 0 Å². The Labute approximate surface area is 168 Å². The number of halogens is 1. The first kappa shape index (κ1) is 20.3. The van der Waals surface area contributed by atoms with Gasteiger partial charge in [0, 0.05) is 19.5 Å². The van der Waals surface area contributed by atoms with Crippen LogP contribution in [0.15, 0.2) is 29.3 Å². The fourth-order valence-corrected chi connectivity index (χ4v) is 3.39. The summed E-state index contributed by atoms with van der Waals surface area (Å²) in [5, 5.41) is 6.80. The second-order valence-corrected chi connectivity index (χ2v) is 6.90. The van der Waals surface area contributed by atoms with Gasteiger partial charge in [-0.25, -0.2) is 0 Å². The van der Waals surface area contributed by atoms with Crippen molar-refractivity contribution in [3.63, 3.8) is 0 Å². The van der Waals surface area contributed by atoms with E-state index in [9.17, 15) is 0 Å². The van der Waals surface area contributed by atoms with Crippen LogP contribution >= 0.6 is 24.0 Å². The minimum Gasteiger partial charge on any atom is -0.488 e. The van der Waals surface area contributed by atoms with Crippen LogP contribution in [0.2, 0.25) is 0 Å². The zero-order valence-electron chi connectivity index (χ0n) is 15.3. The van der Waals surface area contributed by atoms with Gasteiger partial charge in [-0.15, -0.1) is 24.0 Å². The summed E-state index contributed by atoms with van der Waals surface area (Å²) in [6.07, 6.45) is 3.66. The number of hydrogen-bond donors (Lipinski definition) is 2. The summed E-state index contributed by atoms with van der Waals surface area (Å²) >= 11 is 0. The molecule has 0 aliphatic carbocycles. The van der Waals surface area contributed by atoms with E-state index < -0.39 is 0 Å². The lowest BCUT2D eigenvalue weighted by Gasteiger charge is -2.28. The molecule has 6 heteroatoms. The molecule has 1 atom stereocenters. The summed E-state index contributed by atoms with van der Waals surface area (Å²) in [7, 11) is 2.20. The van der Waals surface area contributed by atoms with Gasteiger partial charge in [0.2, 0.25) is 0 Å². The quantitative estimate of drug-likeness (QED) is 0.405. The van der Waals surface area contributed by atoms with Crippen molar-refractivity contribution in [2.45, 2.75) is 32.3 Å². The van der Waals surface area contributed by atoms with Crippen molar-refractivity contribution in [3.05, 3.63) is 29.8 Å². The van der Waals surface area contributed by atoms with Gasteiger partial charge in [0.05, 0.1) is 6.54 Å². The first-order valence-corrected chi connectivity index (χ1v) is 9.20. The fourth-order valence-electron chi connectivity index (χ4n) is 3.39. The number of fused-ring (bicyclic) bond motifs is 1. The molecular weight excluding hydrogens is 427 g/mol. The number of nitrogens with zero attached hydrogens (tertiary/aromatic N) is 2. The lowest BCUT2D eigenvalue weighted by atomic mass is 9.97. The van der Waals surface area contributed by atoms with Crippen LogP contribution in [0.4, 0.5) is 0 Å². The van der Waals surface area contributed by atoms with E-state index in [0.717, 1.165) is 37.8 Å². The third-order valence-electron chi connectivity index (χ3n) is 4.90. The predicted molar refractivity (Wildman–Crippen MR) is 114 cm³/mol. The number of aliphatic imine (C=N–C) groups is 1. The summed E-state index contributed by atoms with van der Waals surface area (Å²) in [5.74, 6) is 2.65. The zero-order valence-corrected chi connectivity index (χ0v) is 17.7. The molecule has 0 saturated carbocycles. The van der Waals surface area contributed by atoms with E-state index in [4.69, 9.17) is 9.73 Å². The van der Waals surface area contributed by atoms with Crippen LogP contribution in [0.1, 0.15) is 25.3 Å². The molecular formula is C19H31IN4O. The molecule has 1 aromatic carbocycles. The van der Waals surface area contributed by atoms with Gasteiger partial charge in [-0.3, -0.25) is 4.99 Å². The molecule has 1 aromatic rings. The Bertz CT molecular complexity index is 533. The minimum absolute atomic E-state index is 0. The van der Waals surface area contributed by atoms with Crippen LogP contribution < -0.4 is 15.4 Å². The lowest BCUT2D eigenvalue weighted by molar-refractivity contribution is 0.223. The van der Waals surface area contributed by atoms with E-state index in [-0.39, 0.29) is 30.1 Å². The highest BCUT2D eigenvalue weighted by atomic mass is 127. The van der Waals surface area contributed by atoms with Crippen molar-refractivity contribution in [2.75, 3.05) is 39.8 Å². The van der Waals surface area contributed by atoms with Crippen LogP contribution in [0.3, 0.4) is 0 Å². The van der Waals surface area contributed by atoms with Crippen LogP contribution in [-0.4, -0.2) is 56.7 Å². The minimum atomic E-state index is 0. The number of piperidine rings is 1. The van der Waals surface area contributed by atoms with Crippen molar-refractivity contribution in [3.8, 4) is 5.75 Å². The van der Waals surface area contributed by atoms with E-state index >= 15 is 0 Å². The molecule has 0 bridgehead atoms. The second-order valence-electron chi connectivity index (χ2n) is 6.90. The average Bonchev–Trinajstić information content (AvgIpc) is 3.02. The molecule has 2 N–H and O–H groups in total. The third-order valence-corrected chi connectivity index (χ3v) is 4.90. The number of guanidine groups is 1. The topological polar surface area (TPSA) is 48.9 Å². The van der Waals surface area contributed by atoms with Gasteiger partial charge < -0.3 is 20.3 Å². The molecule has 2 heterocycles. The Morgan fingerprint density at radius 3 is 2.72 bits per heavy atom. The zero-order chi connectivity index (χ0) is 16.8. The maximum Gasteiger partial charge on any atom is 0.191 e. The summed E-state index contributed by atoms with van der Waals surface area (Å²) in [6, 6.07) is 8.30. The first-order chi connectivity index (χ1) is 11.7. The maximum absolute atomic E-state index is 5.99. The number of benzene rings is 1. The van der Waals surface area contributed by atoms with Crippen molar-refractivity contribution in [1.82, 2.24) is 15.5 Å². The molecule has 2 aliphatic rings. The first-order valence-electron chi connectivity index (χ1n) is 9.20. The molecule has 2 aliphatic heterocycles. The Hall–Kier alpha value is -1.02. The molecule has 1 unspecified atom stereocenters. The normalized spacial score (nSPS) is 21.2. The Balaban J connectivity index is 0.00000225. The van der Waals surface area contributed by atoms with E-state index in [1.807, 2.05) is 6.07 Å². The number of rotatable bonds is 5. The van der Waals surface area contributed by atoms with E-state index in [1.54, 1.807) is 0 Å². The monoisotopic (exact) mass is 458 g/mol. The third kappa shape index (κ3) is 6.02. The summed E-state index contributed by atoms with van der Waals surface area (Å²) in [4.78, 5) is 7.19. The smallest absolute Gasteiger partial charge is 0.191 e. The van der Waals surface area contributed by atoms with Gasteiger partial charge in [0.15, 0.2) is 5.96 Å². The highest BCUT2D eigenvalue weighted by Crippen LogP contribution is 2.27. The number of para-hydroxylation sites is 1. The van der Waals surface area contributed by atoms with Crippen LogP contribution in [0, 0.1) is 5.92 Å². The molecule has 0 amide bonds. The van der Waals surface area contributed by atoms with Crippen LogP contribution in [0.5, 0.6) is 5.75 Å². The highest BCUT2D eigenvalue weighted by molar-refractivity contribution is 14.0. The van der Waals surface area contributed by atoms with Gasteiger partial charge in [-0.2, -0.15) is 0 Å². The Morgan fingerprint density at radius 1 is 1.24 bits per heavy atom.